The highest BCUT2D eigenvalue weighted by Gasteiger charge is 2.56. The lowest BCUT2D eigenvalue weighted by Gasteiger charge is -2.48. The second kappa shape index (κ2) is 6.02. The molecule has 0 saturated heterocycles. The molecule has 0 unspecified atom stereocenters. The molecule has 0 aliphatic heterocycles. The summed E-state index contributed by atoms with van der Waals surface area (Å²) >= 11 is 0. The third-order valence-electron chi connectivity index (χ3n) is 4.85. The number of aliphatic hydroxyl groups excluding tert-OH is 1. The van der Waals surface area contributed by atoms with E-state index in [4.69, 9.17) is 4.74 Å². The fourth-order valence-electron chi connectivity index (χ4n) is 3.45. The molecule has 2 aliphatic carbocycles. The van der Waals surface area contributed by atoms with Gasteiger partial charge in [0.2, 0.25) is 0 Å². The number of ether oxygens (including phenoxy) is 1. The van der Waals surface area contributed by atoms with Crippen molar-refractivity contribution in [1.82, 2.24) is 0 Å². The van der Waals surface area contributed by atoms with E-state index in [1.165, 1.54) is 6.92 Å². The van der Waals surface area contributed by atoms with Crippen molar-refractivity contribution in [2.24, 2.45) is 11.3 Å². The molecule has 0 aromatic heterocycles. The Hall–Kier alpha value is -1.79. The number of carbonyl (C=O) groups is 3. The summed E-state index contributed by atoms with van der Waals surface area (Å²) in [5.74, 6) is -1.92. The van der Waals surface area contributed by atoms with Gasteiger partial charge in [-0.15, -0.1) is 0 Å². The largest absolute Gasteiger partial charge is 0.461 e. The second-order valence-corrected chi connectivity index (χ2v) is 6.68. The Labute approximate surface area is 134 Å². The first-order chi connectivity index (χ1) is 10.6. The molecule has 0 spiro atoms. The summed E-state index contributed by atoms with van der Waals surface area (Å²) in [5.41, 5.74) is -1.88. The van der Waals surface area contributed by atoms with Crippen LogP contribution in [-0.4, -0.2) is 46.1 Å². The van der Waals surface area contributed by atoms with Crippen molar-refractivity contribution in [2.45, 2.75) is 45.3 Å². The predicted molar refractivity (Wildman–Crippen MR) is 81.3 cm³/mol. The number of rotatable bonds is 4. The maximum atomic E-state index is 12.4. The molecule has 2 aliphatic rings. The molecule has 1 saturated carbocycles. The molecule has 0 amide bonds. The van der Waals surface area contributed by atoms with Crippen LogP contribution in [0, 0.1) is 11.3 Å². The standard InChI is InChI=1S/C17H22O6/c1-10(18)15(21)17(22)7-13-12(9-23-11(2)19)5-4-6-16(13,3)8-14(17)20/h4-6,13,15,21-22H,7-9H2,1-3H3/t13-,15-,16+,17-/m0/s1. The summed E-state index contributed by atoms with van der Waals surface area (Å²) in [7, 11) is 0. The smallest absolute Gasteiger partial charge is 0.302 e. The quantitative estimate of drug-likeness (QED) is 0.739. The maximum Gasteiger partial charge on any atom is 0.302 e. The minimum absolute atomic E-state index is 0.00637. The second-order valence-electron chi connectivity index (χ2n) is 6.68. The van der Waals surface area contributed by atoms with Crippen molar-refractivity contribution < 1.29 is 29.3 Å². The molecule has 0 radical (unpaired) electrons. The van der Waals surface area contributed by atoms with Gasteiger partial charge in [0.15, 0.2) is 17.2 Å². The monoisotopic (exact) mass is 322 g/mol. The zero-order valence-corrected chi connectivity index (χ0v) is 13.5. The SMILES string of the molecule is CC(=O)OCC1=CC=C[C@]2(C)CC(=O)[C@](O)([C@@H](O)C(C)=O)C[C@@H]12. The highest BCUT2D eigenvalue weighted by atomic mass is 16.5. The van der Waals surface area contributed by atoms with E-state index in [9.17, 15) is 24.6 Å². The topological polar surface area (TPSA) is 101 Å². The Morgan fingerprint density at radius 2 is 2.09 bits per heavy atom. The molecule has 0 bridgehead atoms. The van der Waals surface area contributed by atoms with E-state index in [0.717, 1.165) is 12.5 Å². The summed E-state index contributed by atoms with van der Waals surface area (Å²) < 4.78 is 5.04. The van der Waals surface area contributed by atoms with Gasteiger partial charge in [-0.2, -0.15) is 0 Å². The van der Waals surface area contributed by atoms with Gasteiger partial charge in [0.1, 0.15) is 12.7 Å². The van der Waals surface area contributed by atoms with Crippen LogP contribution >= 0.6 is 0 Å². The van der Waals surface area contributed by atoms with Gasteiger partial charge in [-0.25, -0.2) is 0 Å². The molecule has 0 aromatic rings. The molecule has 23 heavy (non-hydrogen) atoms. The van der Waals surface area contributed by atoms with E-state index in [2.05, 4.69) is 0 Å². The van der Waals surface area contributed by atoms with E-state index >= 15 is 0 Å². The first kappa shape index (κ1) is 17.6. The molecular weight excluding hydrogens is 300 g/mol. The third kappa shape index (κ3) is 3.14. The van der Waals surface area contributed by atoms with Crippen molar-refractivity contribution in [2.75, 3.05) is 6.61 Å². The van der Waals surface area contributed by atoms with Crippen LogP contribution in [0.3, 0.4) is 0 Å². The van der Waals surface area contributed by atoms with Gasteiger partial charge >= 0.3 is 5.97 Å². The average molecular weight is 322 g/mol. The molecule has 2 rings (SSSR count). The minimum atomic E-state index is -2.10. The maximum absolute atomic E-state index is 12.4. The van der Waals surface area contributed by atoms with E-state index in [1.54, 1.807) is 12.2 Å². The van der Waals surface area contributed by atoms with Gasteiger partial charge in [-0.05, 0) is 30.3 Å². The number of allylic oxidation sites excluding steroid dienone is 3. The molecule has 0 aromatic carbocycles. The third-order valence-corrected chi connectivity index (χ3v) is 4.85. The number of ketones is 2. The van der Waals surface area contributed by atoms with Crippen LogP contribution in [0.25, 0.3) is 0 Å². The van der Waals surface area contributed by atoms with E-state index in [-0.39, 0.29) is 25.4 Å². The van der Waals surface area contributed by atoms with E-state index in [1.807, 2.05) is 13.0 Å². The van der Waals surface area contributed by atoms with Gasteiger partial charge in [-0.1, -0.05) is 25.2 Å². The molecular formula is C17H22O6. The number of hydrogen-bond donors (Lipinski definition) is 2. The lowest BCUT2D eigenvalue weighted by molar-refractivity contribution is -0.170. The molecule has 4 atom stereocenters. The highest BCUT2D eigenvalue weighted by molar-refractivity contribution is 5.96. The minimum Gasteiger partial charge on any atom is -0.461 e. The van der Waals surface area contributed by atoms with Crippen LogP contribution in [0.2, 0.25) is 0 Å². The number of fused-ring (bicyclic) bond motifs is 1. The van der Waals surface area contributed by atoms with Gasteiger partial charge < -0.3 is 14.9 Å². The Morgan fingerprint density at radius 1 is 1.43 bits per heavy atom. The van der Waals surface area contributed by atoms with Gasteiger partial charge in [0, 0.05) is 13.3 Å². The van der Waals surface area contributed by atoms with Crippen LogP contribution in [0.1, 0.15) is 33.6 Å². The van der Waals surface area contributed by atoms with Crippen LogP contribution in [-0.2, 0) is 19.1 Å². The molecule has 6 heteroatoms. The van der Waals surface area contributed by atoms with E-state index in [0.29, 0.717) is 0 Å². The van der Waals surface area contributed by atoms with Crippen molar-refractivity contribution in [3.63, 3.8) is 0 Å². The fraction of sp³-hybridized carbons (Fsp3) is 0.588. The average Bonchev–Trinajstić information content (AvgIpc) is 2.45. The highest BCUT2D eigenvalue weighted by Crippen LogP contribution is 2.50. The zero-order chi connectivity index (χ0) is 17.4. The first-order valence-corrected chi connectivity index (χ1v) is 7.56. The number of Topliss-reactive ketones (excluding diaryl/α,β-unsaturated/α-hetero) is 2. The summed E-state index contributed by atoms with van der Waals surface area (Å²) in [6, 6.07) is 0. The number of aliphatic hydroxyl groups is 2. The normalized spacial score (nSPS) is 34.4. The van der Waals surface area contributed by atoms with Gasteiger partial charge in [0.25, 0.3) is 0 Å². The molecule has 2 N–H and O–H groups in total. The predicted octanol–water partition coefficient (Wildman–Crippen LogP) is 0.712. The number of hydrogen-bond acceptors (Lipinski definition) is 6. The summed E-state index contributed by atoms with van der Waals surface area (Å²) in [5, 5.41) is 20.7. The summed E-state index contributed by atoms with van der Waals surface area (Å²) in [6.45, 7) is 4.38. The first-order valence-electron chi connectivity index (χ1n) is 7.56. The molecule has 6 nitrogen and oxygen atoms in total. The van der Waals surface area contributed by atoms with Crippen LogP contribution in [0.15, 0.2) is 23.8 Å². The van der Waals surface area contributed by atoms with Crippen LogP contribution in [0.4, 0.5) is 0 Å². The Kier molecular flexibility index (Phi) is 4.59. The Bertz CT molecular complexity index is 604. The lowest BCUT2D eigenvalue weighted by Crippen LogP contribution is -2.59. The molecule has 1 fully saturated rings. The van der Waals surface area contributed by atoms with Gasteiger partial charge in [0.05, 0.1) is 0 Å². The zero-order valence-electron chi connectivity index (χ0n) is 13.5. The Morgan fingerprint density at radius 3 is 2.65 bits per heavy atom. The molecule has 126 valence electrons. The fourth-order valence-corrected chi connectivity index (χ4v) is 3.45. The lowest BCUT2D eigenvalue weighted by atomic mass is 9.57. The van der Waals surface area contributed by atoms with Crippen molar-refractivity contribution in [1.29, 1.82) is 0 Å². The molecule has 0 heterocycles. The van der Waals surface area contributed by atoms with E-state index < -0.39 is 34.7 Å². The van der Waals surface area contributed by atoms with Crippen molar-refractivity contribution >= 4 is 17.5 Å². The summed E-state index contributed by atoms with van der Waals surface area (Å²) in [4.78, 5) is 34.9. The van der Waals surface area contributed by atoms with Gasteiger partial charge in [-0.3, -0.25) is 14.4 Å². The van der Waals surface area contributed by atoms with Crippen LogP contribution < -0.4 is 0 Å². The Balaban J connectivity index is 2.33. The number of esters is 1. The van der Waals surface area contributed by atoms with Crippen LogP contribution in [0.5, 0.6) is 0 Å². The van der Waals surface area contributed by atoms with Crippen molar-refractivity contribution in [3.8, 4) is 0 Å². The number of carbonyl (C=O) groups excluding carboxylic acids is 3. The van der Waals surface area contributed by atoms with Crippen molar-refractivity contribution in [3.05, 3.63) is 23.8 Å². The summed E-state index contributed by atoms with van der Waals surface area (Å²) in [6.07, 6.45) is 3.64.